The van der Waals surface area contributed by atoms with Crippen LogP contribution in [0.4, 0.5) is 5.69 Å². The molecule has 0 amide bonds. The summed E-state index contributed by atoms with van der Waals surface area (Å²) in [6.07, 6.45) is 1.46. The molecule has 0 aliphatic carbocycles. The summed E-state index contributed by atoms with van der Waals surface area (Å²) < 4.78 is 2.15. The summed E-state index contributed by atoms with van der Waals surface area (Å²) in [7, 11) is 2.05. The summed E-state index contributed by atoms with van der Waals surface area (Å²) in [4.78, 5) is 0. The molecule has 1 aromatic carbocycles. The van der Waals surface area contributed by atoms with Gasteiger partial charge in [0.2, 0.25) is 0 Å². The first-order valence-electron chi connectivity index (χ1n) is 6.58. The van der Waals surface area contributed by atoms with Crippen LogP contribution in [0.5, 0.6) is 0 Å². The monoisotopic (exact) mass is 273 g/mol. The average molecular weight is 273 g/mol. The Morgan fingerprint density at radius 3 is 2.50 bits per heavy atom. The van der Waals surface area contributed by atoms with Crippen molar-refractivity contribution in [3.05, 3.63) is 41.9 Å². The van der Waals surface area contributed by atoms with Gasteiger partial charge in [0.1, 0.15) is 0 Å². The second kappa shape index (κ2) is 4.85. The van der Waals surface area contributed by atoms with E-state index >= 15 is 0 Å². The van der Waals surface area contributed by atoms with Gasteiger partial charge >= 0.3 is 0 Å². The smallest absolute Gasteiger partial charge is 0.0696 e. The highest BCUT2D eigenvalue weighted by Gasteiger charge is 2.22. The van der Waals surface area contributed by atoms with Crippen molar-refractivity contribution in [1.82, 2.24) is 4.57 Å². The molecule has 0 aliphatic rings. The third-order valence-corrected chi connectivity index (χ3v) is 3.62. The van der Waals surface area contributed by atoms with Crippen molar-refractivity contribution in [2.24, 2.45) is 24.4 Å². The number of hydrazine groups is 1. The number of nitrogens with two attached hydrogens (primary N) is 3. The molecular formula is C15H23N5. The number of anilines is 1. The molecule has 0 atom stereocenters. The van der Waals surface area contributed by atoms with E-state index in [4.69, 9.17) is 17.3 Å². The number of aryl methyl sites for hydroxylation is 2. The van der Waals surface area contributed by atoms with Crippen molar-refractivity contribution in [3.63, 3.8) is 0 Å². The largest absolute Gasteiger partial charge is 0.403 e. The van der Waals surface area contributed by atoms with Crippen LogP contribution in [0.25, 0.3) is 10.9 Å². The zero-order valence-corrected chi connectivity index (χ0v) is 12.5. The minimum Gasteiger partial charge on any atom is -0.403 e. The van der Waals surface area contributed by atoms with E-state index in [2.05, 4.69) is 23.6 Å². The lowest BCUT2D eigenvalue weighted by molar-refractivity contribution is 0.583. The summed E-state index contributed by atoms with van der Waals surface area (Å²) in [6.45, 7) is 5.82. The van der Waals surface area contributed by atoms with Crippen LogP contribution in [-0.2, 0) is 7.05 Å². The molecule has 0 radical (unpaired) electrons. The van der Waals surface area contributed by atoms with Crippen LogP contribution < -0.4 is 22.3 Å². The number of rotatable bonds is 3. The normalized spacial score (nSPS) is 13.0. The van der Waals surface area contributed by atoms with Crippen LogP contribution in [0.3, 0.4) is 0 Å². The number of aromatic nitrogens is 1. The van der Waals surface area contributed by atoms with Crippen LogP contribution in [-0.4, -0.2) is 10.1 Å². The quantitative estimate of drug-likeness (QED) is 0.587. The van der Waals surface area contributed by atoms with Crippen molar-refractivity contribution < 1.29 is 0 Å². The maximum atomic E-state index is 6.17. The summed E-state index contributed by atoms with van der Waals surface area (Å²) in [6, 6.07) is 8.19. The lowest BCUT2D eigenvalue weighted by Crippen LogP contribution is -2.46. The Labute approximate surface area is 119 Å². The molecule has 6 N–H and O–H groups in total. The van der Waals surface area contributed by atoms with Gasteiger partial charge < -0.3 is 16.0 Å². The van der Waals surface area contributed by atoms with E-state index in [0.717, 1.165) is 11.1 Å². The molecule has 5 nitrogen and oxygen atoms in total. The van der Waals surface area contributed by atoms with Gasteiger partial charge in [-0.3, -0.25) is 5.01 Å². The van der Waals surface area contributed by atoms with Gasteiger partial charge in [0, 0.05) is 29.8 Å². The fourth-order valence-electron chi connectivity index (χ4n) is 2.37. The lowest BCUT2D eigenvalue weighted by atomic mass is 10.0. The Balaban J connectivity index is 2.48. The molecule has 0 aliphatic heterocycles. The summed E-state index contributed by atoms with van der Waals surface area (Å²) in [5.41, 5.74) is 15.1. The van der Waals surface area contributed by atoms with E-state index in [1.54, 1.807) is 5.01 Å². The Hall–Kier alpha value is -1.98. The van der Waals surface area contributed by atoms with Gasteiger partial charge in [-0.05, 0) is 45.0 Å². The van der Waals surface area contributed by atoms with Crippen molar-refractivity contribution >= 4 is 16.6 Å². The van der Waals surface area contributed by atoms with E-state index in [9.17, 15) is 0 Å². The van der Waals surface area contributed by atoms with Crippen LogP contribution >= 0.6 is 0 Å². The zero-order chi connectivity index (χ0) is 15.1. The standard InChI is InChI=1S/C15H23N5/c1-10-7-11-8-12(5-6-13(11)19(10)4)20(18)14(9-16)15(2,3)17/h5-9H,16-18H2,1-4H3/b14-9-. The summed E-state index contributed by atoms with van der Waals surface area (Å²) in [5.74, 6) is 6.17. The van der Waals surface area contributed by atoms with E-state index in [1.165, 1.54) is 17.4 Å². The Morgan fingerprint density at radius 2 is 1.95 bits per heavy atom. The van der Waals surface area contributed by atoms with Crippen molar-refractivity contribution in [2.45, 2.75) is 26.3 Å². The molecular weight excluding hydrogens is 250 g/mol. The molecule has 0 bridgehead atoms. The first-order valence-corrected chi connectivity index (χ1v) is 6.58. The first-order chi connectivity index (χ1) is 9.25. The number of nitrogens with zero attached hydrogens (tertiary/aromatic N) is 2. The highest BCUT2D eigenvalue weighted by Crippen LogP contribution is 2.27. The minimum absolute atomic E-state index is 0.606. The van der Waals surface area contributed by atoms with Gasteiger partial charge in [0.25, 0.3) is 0 Å². The third-order valence-electron chi connectivity index (χ3n) is 3.62. The van der Waals surface area contributed by atoms with E-state index < -0.39 is 5.54 Å². The summed E-state index contributed by atoms with van der Waals surface area (Å²) in [5, 5.41) is 2.69. The predicted molar refractivity (Wildman–Crippen MR) is 84.9 cm³/mol. The van der Waals surface area contributed by atoms with Crippen LogP contribution in [0.15, 0.2) is 36.2 Å². The van der Waals surface area contributed by atoms with Crippen LogP contribution in [0.1, 0.15) is 19.5 Å². The van der Waals surface area contributed by atoms with Crippen molar-refractivity contribution in [2.75, 3.05) is 5.01 Å². The van der Waals surface area contributed by atoms with E-state index in [0.29, 0.717) is 5.70 Å². The van der Waals surface area contributed by atoms with Gasteiger partial charge in [-0.1, -0.05) is 0 Å². The van der Waals surface area contributed by atoms with Gasteiger partial charge in [-0.2, -0.15) is 0 Å². The fourth-order valence-corrected chi connectivity index (χ4v) is 2.37. The van der Waals surface area contributed by atoms with Gasteiger partial charge in [-0.25, -0.2) is 5.84 Å². The molecule has 0 fully saturated rings. The minimum atomic E-state index is -0.606. The molecule has 0 unspecified atom stereocenters. The Morgan fingerprint density at radius 1 is 1.30 bits per heavy atom. The second-order valence-electron chi connectivity index (χ2n) is 5.73. The second-order valence-corrected chi connectivity index (χ2v) is 5.73. The molecule has 1 heterocycles. The molecule has 108 valence electrons. The lowest BCUT2D eigenvalue weighted by Gasteiger charge is -2.31. The molecule has 2 aromatic rings. The highest BCUT2D eigenvalue weighted by molar-refractivity contribution is 5.85. The zero-order valence-electron chi connectivity index (χ0n) is 12.5. The van der Waals surface area contributed by atoms with Crippen LogP contribution in [0, 0.1) is 6.92 Å². The van der Waals surface area contributed by atoms with Crippen LogP contribution in [0.2, 0.25) is 0 Å². The number of benzene rings is 1. The first kappa shape index (κ1) is 14.4. The maximum absolute atomic E-state index is 6.17. The topological polar surface area (TPSA) is 86.2 Å². The molecule has 0 spiro atoms. The number of hydrogen-bond acceptors (Lipinski definition) is 4. The summed E-state index contributed by atoms with van der Waals surface area (Å²) >= 11 is 0. The van der Waals surface area contributed by atoms with Gasteiger partial charge in [-0.15, -0.1) is 0 Å². The van der Waals surface area contributed by atoms with Gasteiger partial charge in [0.15, 0.2) is 0 Å². The molecule has 1 aromatic heterocycles. The maximum Gasteiger partial charge on any atom is 0.0696 e. The third kappa shape index (κ3) is 2.37. The molecule has 20 heavy (non-hydrogen) atoms. The SMILES string of the molecule is Cc1cc2cc(N(N)/C(=C\N)C(C)(C)N)ccc2n1C. The van der Waals surface area contributed by atoms with Crippen molar-refractivity contribution in [3.8, 4) is 0 Å². The van der Waals surface area contributed by atoms with Gasteiger partial charge in [0.05, 0.1) is 16.9 Å². The fraction of sp³-hybridized carbons (Fsp3) is 0.333. The van der Waals surface area contributed by atoms with E-state index in [1.807, 2.05) is 33.0 Å². The highest BCUT2D eigenvalue weighted by atomic mass is 15.4. The Kier molecular flexibility index (Phi) is 3.50. The van der Waals surface area contributed by atoms with E-state index in [-0.39, 0.29) is 0 Å². The Bertz CT molecular complexity index is 661. The predicted octanol–water partition coefficient (Wildman–Crippen LogP) is 1.70. The number of hydrogen-bond donors (Lipinski definition) is 3. The average Bonchev–Trinajstić information content (AvgIpc) is 2.63. The molecule has 2 rings (SSSR count). The molecule has 5 heteroatoms. The molecule has 0 saturated heterocycles. The van der Waals surface area contributed by atoms with Crippen molar-refractivity contribution in [1.29, 1.82) is 0 Å². The number of fused-ring (bicyclic) bond motifs is 1. The molecule has 0 saturated carbocycles.